The summed E-state index contributed by atoms with van der Waals surface area (Å²) < 4.78 is 6.00. The highest BCUT2D eigenvalue weighted by molar-refractivity contribution is 6.42. The highest BCUT2D eigenvalue weighted by Crippen LogP contribution is 2.28. The number of nitrogens with zero attached hydrogens (tertiary/aromatic N) is 1. The Balaban J connectivity index is 1.67. The second kappa shape index (κ2) is 10.7. The van der Waals surface area contributed by atoms with E-state index < -0.39 is 0 Å². The number of allylic oxidation sites excluding steroid dienone is 1. The number of hydrogen-bond acceptors (Lipinski definition) is 5. The maximum Gasteiger partial charge on any atom is 0.254 e. The lowest BCUT2D eigenvalue weighted by molar-refractivity contribution is -0.117. The fraction of sp³-hybridized carbons (Fsp3) is 0.500. The number of benzene rings is 1. The summed E-state index contributed by atoms with van der Waals surface area (Å²) in [7, 11) is 0. The van der Waals surface area contributed by atoms with Crippen LogP contribution in [0.1, 0.15) is 33.1 Å². The standard InChI is InChI=1S/C20H28Cl2N4O2/c1-13(23)19(14(2)24)20(27)25-8-3-9-26-10-6-15(7-11-26)28-16-4-5-17(21)18(22)12-16/h4-5,12,15,23H,3,6-11,24H2,1-2H3,(H,25,27). The lowest BCUT2D eigenvalue weighted by Gasteiger charge is -2.32. The van der Waals surface area contributed by atoms with E-state index in [4.69, 9.17) is 39.1 Å². The molecule has 8 heteroatoms. The molecule has 0 bridgehead atoms. The van der Waals surface area contributed by atoms with Crippen molar-refractivity contribution in [1.29, 1.82) is 5.41 Å². The van der Waals surface area contributed by atoms with E-state index in [0.717, 1.165) is 44.6 Å². The number of halogens is 2. The molecule has 0 saturated carbocycles. The van der Waals surface area contributed by atoms with Gasteiger partial charge in [0.25, 0.3) is 5.91 Å². The molecule has 1 saturated heterocycles. The van der Waals surface area contributed by atoms with Gasteiger partial charge in [-0.05, 0) is 51.8 Å². The zero-order chi connectivity index (χ0) is 20.7. The molecule has 1 fully saturated rings. The first-order valence-corrected chi connectivity index (χ1v) is 10.2. The summed E-state index contributed by atoms with van der Waals surface area (Å²) >= 11 is 12.0. The van der Waals surface area contributed by atoms with Crippen molar-refractivity contribution in [2.24, 2.45) is 5.73 Å². The van der Waals surface area contributed by atoms with Gasteiger partial charge in [-0.15, -0.1) is 0 Å². The molecule has 1 aliphatic heterocycles. The first kappa shape index (κ1) is 22.5. The van der Waals surface area contributed by atoms with Crippen molar-refractivity contribution in [3.05, 3.63) is 39.5 Å². The van der Waals surface area contributed by atoms with Crippen LogP contribution in [0.5, 0.6) is 5.75 Å². The van der Waals surface area contributed by atoms with E-state index in [9.17, 15) is 4.79 Å². The average Bonchev–Trinajstić information content (AvgIpc) is 2.62. The third-order valence-electron chi connectivity index (χ3n) is 4.66. The van der Waals surface area contributed by atoms with Crippen molar-refractivity contribution >= 4 is 34.8 Å². The van der Waals surface area contributed by atoms with Crippen LogP contribution in [0, 0.1) is 5.41 Å². The third kappa shape index (κ3) is 6.69. The summed E-state index contributed by atoms with van der Waals surface area (Å²) in [5.41, 5.74) is 6.50. The van der Waals surface area contributed by atoms with Gasteiger partial charge in [0, 0.05) is 37.1 Å². The van der Waals surface area contributed by atoms with E-state index in [1.165, 1.54) is 0 Å². The van der Waals surface area contributed by atoms with Crippen molar-refractivity contribution in [3.63, 3.8) is 0 Å². The summed E-state index contributed by atoms with van der Waals surface area (Å²) in [6.45, 7) is 6.57. The molecule has 1 aromatic carbocycles. The molecule has 28 heavy (non-hydrogen) atoms. The lowest BCUT2D eigenvalue weighted by atomic mass is 10.1. The highest BCUT2D eigenvalue weighted by atomic mass is 35.5. The first-order valence-electron chi connectivity index (χ1n) is 9.42. The zero-order valence-electron chi connectivity index (χ0n) is 16.4. The minimum atomic E-state index is -0.277. The Morgan fingerprint density at radius 2 is 1.96 bits per heavy atom. The number of hydrogen-bond donors (Lipinski definition) is 3. The molecule has 0 aliphatic carbocycles. The quantitative estimate of drug-likeness (QED) is 0.336. The number of carbonyl (C=O) groups excluding carboxylic acids is 1. The largest absolute Gasteiger partial charge is 0.490 e. The summed E-state index contributed by atoms with van der Waals surface area (Å²) in [6, 6.07) is 5.33. The molecule has 2 rings (SSSR count). The normalized spacial score (nSPS) is 16.4. The Morgan fingerprint density at radius 3 is 2.54 bits per heavy atom. The van der Waals surface area contributed by atoms with Gasteiger partial charge >= 0.3 is 0 Å². The number of carbonyl (C=O) groups is 1. The zero-order valence-corrected chi connectivity index (χ0v) is 17.9. The number of likely N-dealkylation sites (tertiary alicyclic amines) is 1. The van der Waals surface area contributed by atoms with Crippen LogP contribution in [-0.2, 0) is 4.79 Å². The van der Waals surface area contributed by atoms with Gasteiger partial charge in [0.1, 0.15) is 11.9 Å². The number of ether oxygens (including phenoxy) is 1. The Bertz CT molecular complexity index is 740. The molecule has 0 radical (unpaired) electrons. The predicted molar refractivity (Wildman–Crippen MR) is 114 cm³/mol. The maximum absolute atomic E-state index is 12.1. The monoisotopic (exact) mass is 426 g/mol. The van der Waals surface area contributed by atoms with E-state index >= 15 is 0 Å². The third-order valence-corrected chi connectivity index (χ3v) is 5.40. The first-order chi connectivity index (χ1) is 13.3. The summed E-state index contributed by atoms with van der Waals surface area (Å²) in [4.78, 5) is 14.5. The maximum atomic E-state index is 12.1. The number of nitrogens with two attached hydrogens (primary N) is 1. The Hall–Kier alpha value is -1.76. The number of amides is 1. The smallest absolute Gasteiger partial charge is 0.254 e. The average molecular weight is 427 g/mol. The number of nitrogens with one attached hydrogen (secondary N) is 2. The molecule has 0 spiro atoms. The van der Waals surface area contributed by atoms with Gasteiger partial charge in [0.2, 0.25) is 0 Å². The van der Waals surface area contributed by atoms with Crippen molar-refractivity contribution < 1.29 is 9.53 Å². The van der Waals surface area contributed by atoms with Crippen LogP contribution in [0.25, 0.3) is 0 Å². The number of rotatable bonds is 8. The summed E-state index contributed by atoms with van der Waals surface area (Å²) in [5, 5.41) is 11.5. The summed E-state index contributed by atoms with van der Waals surface area (Å²) in [6.07, 6.45) is 2.90. The van der Waals surface area contributed by atoms with Crippen LogP contribution in [0.15, 0.2) is 29.5 Å². The van der Waals surface area contributed by atoms with E-state index in [1.54, 1.807) is 26.0 Å². The van der Waals surface area contributed by atoms with E-state index in [-0.39, 0.29) is 23.3 Å². The molecule has 1 amide bonds. The number of piperidine rings is 1. The van der Waals surface area contributed by atoms with Gasteiger partial charge in [-0.1, -0.05) is 23.2 Å². The van der Waals surface area contributed by atoms with Crippen molar-refractivity contribution in [2.75, 3.05) is 26.2 Å². The van der Waals surface area contributed by atoms with E-state index in [1.807, 2.05) is 6.07 Å². The molecule has 6 nitrogen and oxygen atoms in total. The van der Waals surface area contributed by atoms with Gasteiger partial charge in [-0.3, -0.25) is 4.79 Å². The van der Waals surface area contributed by atoms with Crippen LogP contribution in [0.2, 0.25) is 10.0 Å². The minimum absolute atomic E-state index is 0.170. The van der Waals surface area contributed by atoms with Crippen LogP contribution in [0.4, 0.5) is 0 Å². The van der Waals surface area contributed by atoms with Crippen molar-refractivity contribution in [2.45, 2.75) is 39.2 Å². The fourth-order valence-corrected chi connectivity index (χ4v) is 3.52. The summed E-state index contributed by atoms with van der Waals surface area (Å²) in [5.74, 6) is 0.470. The predicted octanol–water partition coefficient (Wildman–Crippen LogP) is 3.62. The Morgan fingerprint density at radius 1 is 1.29 bits per heavy atom. The van der Waals surface area contributed by atoms with E-state index in [2.05, 4.69) is 10.2 Å². The van der Waals surface area contributed by atoms with Crippen molar-refractivity contribution in [3.8, 4) is 5.75 Å². The molecule has 1 aliphatic rings. The van der Waals surface area contributed by atoms with Gasteiger partial charge in [-0.2, -0.15) is 0 Å². The van der Waals surface area contributed by atoms with Gasteiger partial charge in [-0.25, -0.2) is 0 Å². The molecule has 0 aromatic heterocycles. The molecule has 4 N–H and O–H groups in total. The Kier molecular flexibility index (Phi) is 8.60. The topological polar surface area (TPSA) is 91.4 Å². The van der Waals surface area contributed by atoms with Crippen LogP contribution in [-0.4, -0.2) is 48.8 Å². The fourth-order valence-electron chi connectivity index (χ4n) is 3.23. The minimum Gasteiger partial charge on any atom is -0.490 e. The van der Waals surface area contributed by atoms with E-state index in [0.29, 0.717) is 22.3 Å². The van der Waals surface area contributed by atoms with Crippen molar-refractivity contribution in [1.82, 2.24) is 10.2 Å². The molecular weight excluding hydrogens is 399 g/mol. The SMILES string of the molecule is CC(=N)C(C(=O)NCCCN1CCC(Oc2ccc(Cl)c(Cl)c2)CC1)=C(C)N. The molecule has 1 aromatic rings. The van der Waals surface area contributed by atoms with Crippen LogP contribution >= 0.6 is 23.2 Å². The van der Waals surface area contributed by atoms with Gasteiger partial charge in [0.15, 0.2) is 0 Å². The molecule has 1 heterocycles. The van der Waals surface area contributed by atoms with Gasteiger partial charge < -0.3 is 26.1 Å². The van der Waals surface area contributed by atoms with Crippen LogP contribution < -0.4 is 15.8 Å². The Labute approximate surface area is 176 Å². The second-order valence-electron chi connectivity index (χ2n) is 7.03. The molecular formula is C20H28Cl2N4O2. The highest BCUT2D eigenvalue weighted by Gasteiger charge is 2.20. The van der Waals surface area contributed by atoms with Gasteiger partial charge in [0.05, 0.1) is 15.6 Å². The van der Waals surface area contributed by atoms with Crippen LogP contribution in [0.3, 0.4) is 0 Å². The molecule has 154 valence electrons. The lowest BCUT2D eigenvalue weighted by Crippen LogP contribution is -2.39. The molecule has 0 unspecified atom stereocenters. The molecule has 0 atom stereocenters. The second-order valence-corrected chi connectivity index (χ2v) is 7.84.